The molecule has 2 unspecified atom stereocenters. The van der Waals surface area contributed by atoms with Crippen LogP contribution >= 0.6 is 23.4 Å². The van der Waals surface area contributed by atoms with E-state index in [9.17, 15) is 9.59 Å². The maximum atomic E-state index is 12.4. The van der Waals surface area contributed by atoms with E-state index in [-0.39, 0.29) is 17.7 Å². The first-order valence-electron chi connectivity index (χ1n) is 7.87. The molecule has 0 spiro atoms. The summed E-state index contributed by atoms with van der Waals surface area (Å²) in [5, 5.41) is 0.608. The summed E-state index contributed by atoms with van der Waals surface area (Å²) in [6.45, 7) is 3.47. The molecule has 2 rings (SSSR count). The van der Waals surface area contributed by atoms with Gasteiger partial charge in [0.2, 0.25) is 5.91 Å². The number of carbonyl (C=O) groups excluding carboxylic acids is 2. The lowest BCUT2D eigenvalue weighted by molar-refractivity contribution is -0.132. The molecule has 1 fully saturated rings. The number of halogens is 1. The second kappa shape index (κ2) is 8.71. The largest absolute Gasteiger partial charge is 0.338 e. The maximum absolute atomic E-state index is 12.4. The van der Waals surface area contributed by atoms with Gasteiger partial charge in [0.05, 0.1) is 11.5 Å². The molecule has 6 heteroatoms. The smallest absolute Gasteiger partial charge is 0.232 e. The number of nitrogens with zero attached hydrogens (tertiary/aromatic N) is 1. The molecule has 0 bridgehead atoms. The van der Waals surface area contributed by atoms with Crippen molar-refractivity contribution in [3.63, 3.8) is 0 Å². The molecule has 2 atom stereocenters. The second-order valence-electron chi connectivity index (χ2n) is 6.03. The van der Waals surface area contributed by atoms with Crippen LogP contribution in [-0.4, -0.2) is 47.2 Å². The van der Waals surface area contributed by atoms with Crippen LogP contribution in [0.25, 0.3) is 0 Å². The van der Waals surface area contributed by atoms with E-state index >= 15 is 0 Å². The Bertz CT molecular complexity index is 550. The van der Waals surface area contributed by atoms with E-state index in [1.54, 1.807) is 24.3 Å². The Morgan fingerprint density at radius 2 is 2.00 bits per heavy atom. The van der Waals surface area contributed by atoms with Crippen LogP contribution in [-0.2, 0) is 4.79 Å². The van der Waals surface area contributed by atoms with Crippen molar-refractivity contribution in [1.82, 2.24) is 4.90 Å². The van der Waals surface area contributed by atoms with E-state index in [0.717, 1.165) is 19.4 Å². The average molecular weight is 355 g/mol. The van der Waals surface area contributed by atoms with Crippen LogP contribution in [0.3, 0.4) is 0 Å². The van der Waals surface area contributed by atoms with Crippen molar-refractivity contribution in [2.45, 2.75) is 25.8 Å². The van der Waals surface area contributed by atoms with Crippen molar-refractivity contribution in [3.05, 3.63) is 34.9 Å². The van der Waals surface area contributed by atoms with E-state index in [0.29, 0.717) is 34.6 Å². The van der Waals surface area contributed by atoms with Gasteiger partial charge in [-0.1, -0.05) is 18.5 Å². The standard InChI is InChI=1S/C17H23ClN2O2S/c1-12-6-7-20(15(8-12)9-19)17(22)11-23-10-16(21)13-2-4-14(18)5-3-13/h2-5,12,15H,6-11,19H2,1H3. The number of amides is 1. The zero-order valence-corrected chi connectivity index (χ0v) is 14.9. The van der Waals surface area contributed by atoms with Gasteiger partial charge in [-0.05, 0) is 43.0 Å². The number of thioether (sulfide) groups is 1. The van der Waals surface area contributed by atoms with Gasteiger partial charge in [-0.25, -0.2) is 0 Å². The topological polar surface area (TPSA) is 63.4 Å². The first-order valence-corrected chi connectivity index (χ1v) is 9.40. The molecule has 1 aromatic rings. The zero-order chi connectivity index (χ0) is 16.8. The van der Waals surface area contributed by atoms with Gasteiger partial charge in [-0.15, -0.1) is 11.8 Å². The molecule has 0 saturated carbocycles. The van der Waals surface area contributed by atoms with Crippen LogP contribution in [0.1, 0.15) is 30.1 Å². The fraction of sp³-hybridized carbons (Fsp3) is 0.529. The lowest BCUT2D eigenvalue weighted by Crippen LogP contribution is -2.49. The number of ketones is 1. The Balaban J connectivity index is 1.80. The molecular formula is C17H23ClN2O2S. The number of hydrogen-bond acceptors (Lipinski definition) is 4. The van der Waals surface area contributed by atoms with Gasteiger partial charge >= 0.3 is 0 Å². The summed E-state index contributed by atoms with van der Waals surface area (Å²) in [4.78, 5) is 26.3. The van der Waals surface area contributed by atoms with Gasteiger partial charge in [0.15, 0.2) is 5.78 Å². The summed E-state index contributed by atoms with van der Waals surface area (Å²) in [5.41, 5.74) is 6.42. The van der Waals surface area contributed by atoms with Crippen molar-refractivity contribution in [2.24, 2.45) is 11.7 Å². The molecule has 1 saturated heterocycles. The summed E-state index contributed by atoms with van der Waals surface area (Å²) in [6, 6.07) is 6.96. The van der Waals surface area contributed by atoms with Gasteiger partial charge in [0, 0.05) is 29.7 Å². The lowest BCUT2D eigenvalue weighted by Gasteiger charge is -2.38. The highest BCUT2D eigenvalue weighted by atomic mass is 35.5. The quantitative estimate of drug-likeness (QED) is 0.798. The molecule has 0 radical (unpaired) electrons. The van der Waals surface area contributed by atoms with Crippen LogP contribution < -0.4 is 5.73 Å². The number of carbonyl (C=O) groups is 2. The highest BCUT2D eigenvalue weighted by molar-refractivity contribution is 8.00. The Morgan fingerprint density at radius 1 is 1.30 bits per heavy atom. The number of piperidine rings is 1. The Labute approximate surface area is 146 Å². The van der Waals surface area contributed by atoms with E-state index in [2.05, 4.69) is 6.92 Å². The second-order valence-corrected chi connectivity index (χ2v) is 7.45. The van der Waals surface area contributed by atoms with E-state index in [1.807, 2.05) is 4.90 Å². The van der Waals surface area contributed by atoms with Gasteiger partial charge < -0.3 is 10.6 Å². The minimum absolute atomic E-state index is 0.0158. The van der Waals surface area contributed by atoms with Crippen molar-refractivity contribution >= 4 is 35.1 Å². The summed E-state index contributed by atoms with van der Waals surface area (Å²) < 4.78 is 0. The third-order valence-electron chi connectivity index (χ3n) is 4.20. The lowest BCUT2D eigenvalue weighted by atomic mass is 9.92. The van der Waals surface area contributed by atoms with E-state index in [1.165, 1.54) is 11.8 Å². The monoisotopic (exact) mass is 354 g/mol. The predicted octanol–water partition coefficient (Wildman–Crippen LogP) is 2.84. The van der Waals surface area contributed by atoms with Gasteiger partial charge in [-0.2, -0.15) is 0 Å². The third kappa shape index (κ3) is 5.23. The molecule has 1 aromatic carbocycles. The molecule has 23 heavy (non-hydrogen) atoms. The highest BCUT2D eigenvalue weighted by Crippen LogP contribution is 2.23. The number of nitrogens with two attached hydrogens (primary N) is 1. The highest BCUT2D eigenvalue weighted by Gasteiger charge is 2.28. The summed E-state index contributed by atoms with van der Waals surface area (Å²) in [5.74, 6) is 1.34. The van der Waals surface area contributed by atoms with Crippen molar-refractivity contribution < 1.29 is 9.59 Å². The number of hydrogen-bond donors (Lipinski definition) is 1. The Morgan fingerprint density at radius 3 is 2.65 bits per heavy atom. The van der Waals surface area contributed by atoms with Gasteiger partial charge in [0.25, 0.3) is 0 Å². The third-order valence-corrected chi connectivity index (χ3v) is 5.36. The fourth-order valence-electron chi connectivity index (χ4n) is 2.84. The molecule has 0 aromatic heterocycles. The van der Waals surface area contributed by atoms with Crippen LogP contribution in [0.4, 0.5) is 0 Å². The van der Waals surface area contributed by atoms with E-state index in [4.69, 9.17) is 17.3 Å². The minimum Gasteiger partial charge on any atom is -0.338 e. The molecule has 1 aliphatic heterocycles. The molecule has 126 valence electrons. The number of benzene rings is 1. The molecule has 1 heterocycles. The number of rotatable bonds is 6. The van der Waals surface area contributed by atoms with Crippen molar-refractivity contribution in [2.75, 3.05) is 24.6 Å². The van der Waals surface area contributed by atoms with Gasteiger partial charge in [0.1, 0.15) is 0 Å². The molecule has 1 aliphatic rings. The number of likely N-dealkylation sites (tertiary alicyclic amines) is 1. The van der Waals surface area contributed by atoms with Crippen molar-refractivity contribution in [3.8, 4) is 0 Å². The van der Waals surface area contributed by atoms with Crippen LogP contribution in [0.5, 0.6) is 0 Å². The normalized spacial score (nSPS) is 21.3. The van der Waals surface area contributed by atoms with Crippen LogP contribution in [0.15, 0.2) is 24.3 Å². The molecule has 1 amide bonds. The summed E-state index contributed by atoms with van der Waals surface area (Å²) in [6.07, 6.45) is 1.99. The maximum Gasteiger partial charge on any atom is 0.232 e. The molecule has 0 aliphatic carbocycles. The SMILES string of the molecule is CC1CCN(C(=O)CSCC(=O)c2ccc(Cl)cc2)C(CN)C1. The first-order chi connectivity index (χ1) is 11.0. The molecular weight excluding hydrogens is 332 g/mol. The van der Waals surface area contributed by atoms with Crippen LogP contribution in [0.2, 0.25) is 5.02 Å². The van der Waals surface area contributed by atoms with Crippen LogP contribution in [0, 0.1) is 5.92 Å². The average Bonchev–Trinajstić information content (AvgIpc) is 2.55. The summed E-state index contributed by atoms with van der Waals surface area (Å²) >= 11 is 7.17. The minimum atomic E-state index is 0.0158. The predicted molar refractivity (Wildman–Crippen MR) is 96.1 cm³/mol. The molecule has 4 nitrogen and oxygen atoms in total. The Kier molecular flexibility index (Phi) is 6.93. The number of Topliss-reactive ketones (excluding diaryl/α,β-unsaturated/α-hetero) is 1. The van der Waals surface area contributed by atoms with E-state index < -0.39 is 0 Å². The first kappa shape index (κ1) is 18.3. The summed E-state index contributed by atoms with van der Waals surface area (Å²) in [7, 11) is 0. The van der Waals surface area contributed by atoms with Crippen molar-refractivity contribution in [1.29, 1.82) is 0 Å². The zero-order valence-electron chi connectivity index (χ0n) is 13.3. The molecule has 2 N–H and O–H groups in total. The fourth-order valence-corrected chi connectivity index (χ4v) is 3.76. The van der Waals surface area contributed by atoms with Gasteiger partial charge in [-0.3, -0.25) is 9.59 Å². The Hall–Kier alpha value is -1.04.